The van der Waals surface area contributed by atoms with Gasteiger partial charge in [0.2, 0.25) is 5.06 Å². The van der Waals surface area contributed by atoms with Crippen LogP contribution in [-0.2, 0) is 14.4 Å². The third-order valence-corrected chi connectivity index (χ3v) is 2.84. The van der Waals surface area contributed by atoms with Crippen molar-refractivity contribution in [3.05, 3.63) is 0 Å². The topological polar surface area (TPSA) is 173 Å². The van der Waals surface area contributed by atoms with Gasteiger partial charge in [-0.3, -0.25) is 14.4 Å². The van der Waals surface area contributed by atoms with Crippen LogP contribution in [0.15, 0.2) is 0 Å². The second-order valence-corrected chi connectivity index (χ2v) is 4.53. The molecular weight excluding hydrogens is 288 g/mol. The Morgan fingerprint density at radius 3 is 1.68 bits per heavy atom. The minimum Gasteiger partial charge on any atom is -0.393 e. The lowest BCUT2D eigenvalue weighted by molar-refractivity contribution is -0.218. The van der Waals surface area contributed by atoms with Crippen molar-refractivity contribution in [3.63, 3.8) is 0 Å². The molecule has 0 spiro atoms. The predicted octanol–water partition coefficient (Wildman–Crippen LogP) is -4.31. The highest BCUT2D eigenvalue weighted by Crippen LogP contribution is 2.29. The summed E-state index contributed by atoms with van der Waals surface area (Å²) in [6, 6.07) is 0. The first-order valence-electron chi connectivity index (χ1n) is 4.77. The maximum absolute atomic E-state index is 10.8. The number of alkyl halides is 1. The monoisotopic (exact) mass is 300 g/mol. The molecule has 0 radical (unpaired) electrons. The summed E-state index contributed by atoms with van der Waals surface area (Å²) in [4.78, 5) is 31.8. The number of rotatable bonds is 8. The first kappa shape index (κ1) is 18.1. The Morgan fingerprint density at radius 1 is 0.947 bits per heavy atom. The molecule has 10 heteroatoms. The van der Waals surface area contributed by atoms with Gasteiger partial charge in [0.1, 0.15) is 12.2 Å². The molecular formula is C9H13ClO9. The smallest absolute Gasteiger partial charge is 0.224 e. The zero-order valence-corrected chi connectivity index (χ0v) is 10.1. The molecule has 0 heterocycles. The highest BCUT2D eigenvalue weighted by molar-refractivity contribution is 6.30. The molecule has 0 aromatic rings. The van der Waals surface area contributed by atoms with Crippen LogP contribution in [0.2, 0.25) is 0 Å². The van der Waals surface area contributed by atoms with Gasteiger partial charge in [0.15, 0.2) is 30.1 Å². The summed E-state index contributed by atoms with van der Waals surface area (Å²) in [6.07, 6.45) is -6.93. The highest BCUT2D eigenvalue weighted by atomic mass is 35.5. The molecule has 110 valence electrons. The third-order valence-electron chi connectivity index (χ3n) is 2.54. The molecule has 0 aliphatic carbocycles. The number of aliphatic hydroxyl groups is 6. The van der Waals surface area contributed by atoms with Crippen molar-refractivity contribution in [2.45, 2.75) is 28.5 Å². The lowest BCUT2D eigenvalue weighted by Crippen LogP contribution is -2.69. The van der Waals surface area contributed by atoms with Gasteiger partial charge >= 0.3 is 0 Å². The van der Waals surface area contributed by atoms with E-state index in [1.807, 2.05) is 0 Å². The van der Waals surface area contributed by atoms with Crippen molar-refractivity contribution >= 4 is 30.5 Å². The minimum atomic E-state index is -3.39. The van der Waals surface area contributed by atoms with Gasteiger partial charge in [-0.2, -0.15) is 0 Å². The van der Waals surface area contributed by atoms with Gasteiger partial charge < -0.3 is 30.6 Å². The van der Waals surface area contributed by atoms with E-state index in [0.717, 1.165) is 0 Å². The van der Waals surface area contributed by atoms with Crippen LogP contribution in [0, 0.1) is 0 Å². The van der Waals surface area contributed by atoms with E-state index in [9.17, 15) is 39.9 Å². The number of aliphatic hydroxyl groups excluding tert-OH is 3. The fraction of sp³-hybridized carbons (Fsp3) is 0.667. The zero-order valence-electron chi connectivity index (χ0n) is 9.38. The van der Waals surface area contributed by atoms with Crippen LogP contribution in [0.4, 0.5) is 0 Å². The molecule has 0 saturated carbocycles. The van der Waals surface area contributed by atoms with Crippen LogP contribution in [0.25, 0.3) is 0 Å². The van der Waals surface area contributed by atoms with Crippen molar-refractivity contribution in [1.82, 2.24) is 0 Å². The second-order valence-electron chi connectivity index (χ2n) is 3.92. The van der Waals surface area contributed by atoms with Crippen molar-refractivity contribution in [2.24, 2.45) is 0 Å². The van der Waals surface area contributed by atoms with Crippen molar-refractivity contribution in [1.29, 1.82) is 0 Å². The molecule has 0 aliphatic rings. The normalized spacial score (nSPS) is 24.2. The summed E-state index contributed by atoms with van der Waals surface area (Å²) in [5.74, 6) is 0. The lowest BCUT2D eigenvalue weighted by atomic mass is 9.80. The van der Waals surface area contributed by atoms with Crippen LogP contribution in [0.5, 0.6) is 0 Å². The summed E-state index contributed by atoms with van der Waals surface area (Å²) < 4.78 is 0. The average molecular weight is 301 g/mol. The number of carbonyl (C=O) groups excluding carboxylic acids is 3. The number of hydrogen-bond acceptors (Lipinski definition) is 9. The first-order valence-corrected chi connectivity index (χ1v) is 5.15. The molecule has 0 aromatic heterocycles. The largest absolute Gasteiger partial charge is 0.393 e. The fourth-order valence-electron chi connectivity index (χ4n) is 1.26. The lowest BCUT2D eigenvalue weighted by Gasteiger charge is -2.40. The quantitative estimate of drug-likeness (QED) is 0.191. The van der Waals surface area contributed by atoms with Gasteiger partial charge in [-0.05, 0) is 0 Å². The van der Waals surface area contributed by atoms with Gasteiger partial charge in [0.05, 0.1) is 6.61 Å². The van der Waals surface area contributed by atoms with Gasteiger partial charge in [0.25, 0.3) is 0 Å². The van der Waals surface area contributed by atoms with E-state index in [4.69, 9.17) is 16.7 Å². The summed E-state index contributed by atoms with van der Waals surface area (Å²) in [5.41, 5.74) is -6.41. The number of halogens is 1. The van der Waals surface area contributed by atoms with E-state index in [0.29, 0.717) is 0 Å². The second kappa shape index (κ2) is 6.01. The van der Waals surface area contributed by atoms with Gasteiger partial charge in [0, 0.05) is 0 Å². The predicted molar refractivity (Wildman–Crippen MR) is 58.0 cm³/mol. The Bertz CT molecular complexity index is 360. The first-order chi connectivity index (χ1) is 8.55. The molecule has 9 nitrogen and oxygen atoms in total. The molecule has 0 amide bonds. The molecule has 0 bridgehead atoms. The van der Waals surface area contributed by atoms with E-state index in [1.54, 1.807) is 0 Å². The van der Waals surface area contributed by atoms with E-state index >= 15 is 0 Å². The average Bonchev–Trinajstić information content (AvgIpc) is 2.43. The Hall–Kier alpha value is -0.940. The molecule has 6 N–H and O–H groups in total. The van der Waals surface area contributed by atoms with E-state index < -0.39 is 53.9 Å². The Balaban J connectivity index is 5.67. The summed E-state index contributed by atoms with van der Waals surface area (Å²) in [6.45, 7) is -1.41. The molecule has 0 fully saturated rings. The maximum atomic E-state index is 10.8. The van der Waals surface area contributed by atoms with E-state index in [2.05, 4.69) is 0 Å². The SMILES string of the molecule is O=CC(O)(Cl)[C@H](O)[C@](O)(C=O)[C@H](O)[C@@](O)(C=O)CO. The van der Waals surface area contributed by atoms with Crippen LogP contribution >= 0.6 is 11.6 Å². The Labute approximate surface area is 111 Å². The van der Waals surface area contributed by atoms with Crippen LogP contribution in [0.3, 0.4) is 0 Å². The van der Waals surface area contributed by atoms with Crippen LogP contribution in [0.1, 0.15) is 0 Å². The fourth-order valence-corrected chi connectivity index (χ4v) is 1.43. The van der Waals surface area contributed by atoms with Crippen LogP contribution < -0.4 is 0 Å². The third kappa shape index (κ3) is 3.15. The van der Waals surface area contributed by atoms with Gasteiger partial charge in [-0.1, -0.05) is 11.6 Å². The molecule has 19 heavy (non-hydrogen) atoms. The minimum absolute atomic E-state index is 0.396. The summed E-state index contributed by atoms with van der Waals surface area (Å²) >= 11 is 5.09. The standard InChI is InChI=1S/C9H13ClO9/c10-9(19,4-14)6(16)8(18,3-13)5(15)7(17,1-11)2-12/h1,3-6,12,15-19H,2H2/t5-,6-,7-,8+,9?/m1/s1. The summed E-state index contributed by atoms with van der Waals surface area (Å²) in [5, 5.41) is 52.9. The van der Waals surface area contributed by atoms with Gasteiger partial charge in [-0.15, -0.1) is 0 Å². The van der Waals surface area contributed by atoms with Gasteiger partial charge in [-0.25, -0.2) is 0 Å². The number of carbonyl (C=O) groups is 3. The van der Waals surface area contributed by atoms with Crippen molar-refractivity contribution < 1.29 is 45.0 Å². The summed E-state index contributed by atoms with van der Waals surface area (Å²) in [7, 11) is 0. The van der Waals surface area contributed by atoms with Crippen molar-refractivity contribution in [2.75, 3.05) is 6.61 Å². The van der Waals surface area contributed by atoms with E-state index in [-0.39, 0.29) is 0 Å². The Kier molecular flexibility index (Phi) is 5.71. The number of hydrogen-bond donors (Lipinski definition) is 6. The molecule has 0 aromatic carbocycles. The zero-order chi connectivity index (χ0) is 15.5. The van der Waals surface area contributed by atoms with E-state index in [1.165, 1.54) is 0 Å². The molecule has 5 atom stereocenters. The Morgan fingerprint density at radius 2 is 1.42 bits per heavy atom. The molecule has 0 aliphatic heterocycles. The van der Waals surface area contributed by atoms with Crippen LogP contribution in [-0.4, -0.2) is 84.6 Å². The number of aldehydes is 3. The molecule has 0 rings (SSSR count). The molecule has 1 unspecified atom stereocenters. The molecule has 0 saturated heterocycles. The van der Waals surface area contributed by atoms with Crippen molar-refractivity contribution in [3.8, 4) is 0 Å². The maximum Gasteiger partial charge on any atom is 0.224 e. The highest BCUT2D eigenvalue weighted by Gasteiger charge is 2.58.